The predicted molar refractivity (Wildman–Crippen MR) is 47.3 cm³/mol. The molecule has 1 heterocycles. The van der Waals surface area contributed by atoms with Crippen LogP contribution < -0.4 is 5.73 Å². The molecule has 4 nitrogen and oxygen atoms in total. The Balaban J connectivity index is 3.15. The summed E-state index contributed by atoms with van der Waals surface area (Å²) in [6.07, 6.45) is 1.49. The molecule has 66 valence electrons. The van der Waals surface area contributed by atoms with Crippen molar-refractivity contribution >= 4 is 22.4 Å². The molecule has 0 saturated heterocycles. The van der Waals surface area contributed by atoms with Gasteiger partial charge in [0.25, 0.3) is 0 Å². The third-order valence-electron chi connectivity index (χ3n) is 1.19. The molecule has 1 aromatic heterocycles. The molecule has 0 bridgehead atoms. The molecule has 0 saturated carbocycles. The van der Waals surface area contributed by atoms with E-state index in [4.69, 9.17) is 17.3 Å². The summed E-state index contributed by atoms with van der Waals surface area (Å²) in [5.41, 5.74) is 5.94. The van der Waals surface area contributed by atoms with E-state index >= 15 is 0 Å². The largest absolute Gasteiger partial charge is 0.325 e. The minimum Gasteiger partial charge on any atom is -0.325 e. The summed E-state index contributed by atoms with van der Waals surface area (Å²) >= 11 is 5.63. The van der Waals surface area contributed by atoms with Crippen molar-refractivity contribution in [3.63, 3.8) is 0 Å². The summed E-state index contributed by atoms with van der Waals surface area (Å²) in [5.74, 6) is 0. The van der Waals surface area contributed by atoms with Crippen LogP contribution in [0.4, 0.5) is 0 Å². The lowest BCUT2D eigenvalue weighted by Crippen LogP contribution is -2.05. The van der Waals surface area contributed by atoms with Gasteiger partial charge in [-0.1, -0.05) is 11.6 Å². The van der Waals surface area contributed by atoms with E-state index in [2.05, 4.69) is 9.97 Å². The lowest BCUT2D eigenvalue weighted by Gasteiger charge is -1.99. The number of rotatable bonds is 2. The molecule has 0 spiro atoms. The van der Waals surface area contributed by atoms with Crippen molar-refractivity contribution in [2.24, 2.45) is 5.73 Å². The first kappa shape index (κ1) is 9.57. The first-order valence-electron chi connectivity index (χ1n) is 3.20. The molecule has 0 aliphatic carbocycles. The van der Waals surface area contributed by atoms with Gasteiger partial charge in [-0.2, -0.15) is 0 Å². The van der Waals surface area contributed by atoms with Crippen molar-refractivity contribution < 1.29 is 4.21 Å². The summed E-state index contributed by atoms with van der Waals surface area (Å²) in [6, 6.07) is 1.55. The van der Waals surface area contributed by atoms with Crippen molar-refractivity contribution in [2.75, 3.05) is 6.26 Å². The van der Waals surface area contributed by atoms with Gasteiger partial charge in [-0.15, -0.1) is 0 Å². The molecule has 12 heavy (non-hydrogen) atoms. The third kappa shape index (κ3) is 2.23. The smallest absolute Gasteiger partial charge is 0.219 e. The molecule has 0 aliphatic rings. The molecule has 1 aromatic rings. The summed E-state index contributed by atoms with van der Waals surface area (Å²) < 4.78 is 11.0. The van der Waals surface area contributed by atoms with Crippen molar-refractivity contribution in [1.82, 2.24) is 9.97 Å². The van der Waals surface area contributed by atoms with E-state index in [-0.39, 0.29) is 16.9 Å². The van der Waals surface area contributed by atoms with Crippen LogP contribution >= 0.6 is 11.6 Å². The quantitative estimate of drug-likeness (QED) is 0.558. The van der Waals surface area contributed by atoms with E-state index < -0.39 is 10.8 Å². The van der Waals surface area contributed by atoms with Gasteiger partial charge in [-0.25, -0.2) is 9.97 Å². The number of nitrogens with zero attached hydrogens (tertiary/aromatic N) is 2. The SMILES string of the molecule is CS(=O)c1nc(Cl)cc(CN)n1. The molecular formula is C6H8ClN3OS. The molecule has 0 amide bonds. The highest BCUT2D eigenvalue weighted by Crippen LogP contribution is 2.08. The van der Waals surface area contributed by atoms with Crippen LogP contribution in [0, 0.1) is 0 Å². The first-order valence-corrected chi connectivity index (χ1v) is 5.14. The van der Waals surface area contributed by atoms with Crippen LogP contribution in [0.25, 0.3) is 0 Å². The molecule has 2 N–H and O–H groups in total. The van der Waals surface area contributed by atoms with Gasteiger partial charge >= 0.3 is 0 Å². The Morgan fingerprint density at radius 3 is 2.83 bits per heavy atom. The van der Waals surface area contributed by atoms with Gasteiger partial charge in [-0.3, -0.25) is 4.21 Å². The molecule has 1 atom stereocenters. The number of aromatic nitrogens is 2. The van der Waals surface area contributed by atoms with Crippen molar-refractivity contribution in [2.45, 2.75) is 11.7 Å². The van der Waals surface area contributed by atoms with Crippen molar-refractivity contribution in [3.05, 3.63) is 16.9 Å². The highest BCUT2D eigenvalue weighted by atomic mass is 35.5. The van der Waals surface area contributed by atoms with E-state index in [1.54, 1.807) is 6.07 Å². The Kier molecular flexibility index (Phi) is 3.13. The second-order valence-corrected chi connectivity index (χ2v) is 3.78. The monoisotopic (exact) mass is 205 g/mol. The molecule has 6 heteroatoms. The maximum absolute atomic E-state index is 11.0. The molecule has 1 rings (SSSR count). The first-order chi connectivity index (χ1) is 5.63. The number of hydrogen-bond donors (Lipinski definition) is 1. The summed E-state index contributed by atoms with van der Waals surface area (Å²) in [7, 11) is -1.21. The Bertz CT molecular complexity index is 318. The van der Waals surface area contributed by atoms with Crippen LogP contribution in [0.15, 0.2) is 11.2 Å². The number of hydrogen-bond acceptors (Lipinski definition) is 4. The Morgan fingerprint density at radius 2 is 2.33 bits per heavy atom. The van der Waals surface area contributed by atoms with Gasteiger partial charge in [-0.05, 0) is 6.07 Å². The van der Waals surface area contributed by atoms with E-state index in [9.17, 15) is 4.21 Å². The second kappa shape index (κ2) is 3.93. The second-order valence-electron chi connectivity index (χ2n) is 2.12. The zero-order valence-electron chi connectivity index (χ0n) is 6.45. The highest BCUT2D eigenvalue weighted by molar-refractivity contribution is 7.84. The number of nitrogens with two attached hydrogens (primary N) is 1. The Morgan fingerprint density at radius 1 is 1.67 bits per heavy atom. The third-order valence-corrected chi connectivity index (χ3v) is 2.08. The minimum atomic E-state index is -1.21. The highest BCUT2D eigenvalue weighted by Gasteiger charge is 2.04. The zero-order chi connectivity index (χ0) is 9.14. The molecule has 0 fully saturated rings. The standard InChI is InChI=1S/C6H8ClN3OS/c1-12(11)6-9-4(3-8)2-5(7)10-6/h2H,3,8H2,1H3. The van der Waals surface area contributed by atoms with Gasteiger partial charge in [0.05, 0.1) is 16.5 Å². The normalized spacial score (nSPS) is 12.9. The van der Waals surface area contributed by atoms with Gasteiger partial charge in [0.2, 0.25) is 5.16 Å². The summed E-state index contributed by atoms with van der Waals surface area (Å²) in [5, 5.41) is 0.499. The van der Waals surface area contributed by atoms with Crippen LogP contribution in [0.5, 0.6) is 0 Å². The lowest BCUT2D eigenvalue weighted by molar-refractivity contribution is 0.678. The van der Waals surface area contributed by atoms with Gasteiger partial charge in [0.15, 0.2) is 0 Å². The van der Waals surface area contributed by atoms with Crippen LogP contribution in [0.1, 0.15) is 5.69 Å². The predicted octanol–water partition coefficient (Wildman–Crippen LogP) is 0.326. The topological polar surface area (TPSA) is 68.9 Å². The molecule has 0 radical (unpaired) electrons. The molecule has 0 aromatic carbocycles. The maximum Gasteiger partial charge on any atom is 0.219 e. The van der Waals surface area contributed by atoms with Crippen LogP contribution in [-0.2, 0) is 17.3 Å². The fraction of sp³-hybridized carbons (Fsp3) is 0.333. The minimum absolute atomic E-state index is 0.225. The molecule has 0 aliphatic heterocycles. The average Bonchev–Trinajstić information content (AvgIpc) is 2.03. The molecular weight excluding hydrogens is 198 g/mol. The van der Waals surface area contributed by atoms with Crippen LogP contribution in [0.2, 0.25) is 5.15 Å². The summed E-state index contributed by atoms with van der Waals surface area (Å²) in [6.45, 7) is 0.270. The van der Waals surface area contributed by atoms with Gasteiger partial charge < -0.3 is 5.73 Å². The van der Waals surface area contributed by atoms with Crippen molar-refractivity contribution in [1.29, 1.82) is 0 Å². The average molecular weight is 206 g/mol. The number of halogens is 1. The van der Waals surface area contributed by atoms with Crippen LogP contribution in [0.3, 0.4) is 0 Å². The molecule has 1 unspecified atom stereocenters. The Labute approximate surface area is 77.6 Å². The van der Waals surface area contributed by atoms with Crippen molar-refractivity contribution in [3.8, 4) is 0 Å². The Hall–Kier alpha value is -0.520. The van der Waals surface area contributed by atoms with Gasteiger partial charge in [0, 0.05) is 12.8 Å². The van der Waals surface area contributed by atoms with E-state index in [1.165, 1.54) is 6.26 Å². The van der Waals surface area contributed by atoms with E-state index in [1.807, 2.05) is 0 Å². The maximum atomic E-state index is 11.0. The van der Waals surface area contributed by atoms with E-state index in [0.29, 0.717) is 5.69 Å². The van der Waals surface area contributed by atoms with E-state index in [0.717, 1.165) is 0 Å². The lowest BCUT2D eigenvalue weighted by atomic mass is 10.4. The van der Waals surface area contributed by atoms with Crippen LogP contribution in [-0.4, -0.2) is 20.4 Å². The summed E-state index contributed by atoms with van der Waals surface area (Å²) in [4.78, 5) is 7.71. The fourth-order valence-electron chi connectivity index (χ4n) is 0.674. The van der Waals surface area contributed by atoms with Gasteiger partial charge in [0.1, 0.15) is 5.15 Å². The zero-order valence-corrected chi connectivity index (χ0v) is 8.02. The fourth-order valence-corrected chi connectivity index (χ4v) is 1.40.